The Bertz CT molecular complexity index is 479. The molecule has 1 aliphatic rings. The van der Waals surface area contributed by atoms with Gasteiger partial charge in [-0.25, -0.2) is 0 Å². The van der Waals surface area contributed by atoms with E-state index >= 15 is 0 Å². The predicted octanol–water partition coefficient (Wildman–Crippen LogP) is 1.84. The number of amides is 1. The van der Waals surface area contributed by atoms with Gasteiger partial charge in [-0.05, 0) is 19.5 Å². The van der Waals surface area contributed by atoms with E-state index in [9.17, 15) is 4.79 Å². The summed E-state index contributed by atoms with van der Waals surface area (Å²) >= 11 is 0. The number of hydrogen-bond donors (Lipinski definition) is 1. The first-order chi connectivity index (χ1) is 11.0. The molecular formula is C18H32Cl2N4O. The normalized spacial score (nSPS) is 16.1. The molecule has 0 spiro atoms. The van der Waals surface area contributed by atoms with Crippen molar-refractivity contribution in [1.29, 1.82) is 0 Å². The number of nitrogens with zero attached hydrogens (tertiary/aromatic N) is 3. The van der Waals surface area contributed by atoms with Gasteiger partial charge in [0.25, 0.3) is 0 Å². The first-order valence-electron chi connectivity index (χ1n) is 8.53. The molecule has 2 rings (SSSR count). The average Bonchev–Trinajstić information content (AvgIpc) is 2.54. The molecule has 0 radical (unpaired) electrons. The first kappa shape index (κ1) is 24.1. The predicted molar refractivity (Wildman–Crippen MR) is 109 cm³/mol. The Morgan fingerprint density at radius 1 is 1.16 bits per heavy atom. The largest absolute Gasteiger partial charge is 0.340 e. The van der Waals surface area contributed by atoms with E-state index in [1.807, 2.05) is 11.8 Å². The molecule has 25 heavy (non-hydrogen) atoms. The van der Waals surface area contributed by atoms with Crippen molar-refractivity contribution in [3.05, 3.63) is 35.9 Å². The van der Waals surface area contributed by atoms with Crippen molar-refractivity contribution in [2.24, 2.45) is 5.73 Å². The second-order valence-electron chi connectivity index (χ2n) is 6.63. The molecule has 2 N–H and O–H groups in total. The molecule has 1 aromatic carbocycles. The second kappa shape index (κ2) is 12.5. The van der Waals surface area contributed by atoms with Gasteiger partial charge in [0.1, 0.15) is 0 Å². The minimum atomic E-state index is -0.0489. The number of piperazine rings is 1. The number of benzene rings is 1. The van der Waals surface area contributed by atoms with E-state index in [1.165, 1.54) is 5.56 Å². The fourth-order valence-electron chi connectivity index (χ4n) is 2.91. The van der Waals surface area contributed by atoms with Gasteiger partial charge >= 0.3 is 0 Å². The van der Waals surface area contributed by atoms with E-state index in [0.717, 1.165) is 45.8 Å². The minimum absolute atomic E-state index is 0. The summed E-state index contributed by atoms with van der Waals surface area (Å²) in [5.74, 6) is 0.195. The van der Waals surface area contributed by atoms with Crippen molar-refractivity contribution in [3.8, 4) is 0 Å². The van der Waals surface area contributed by atoms with Crippen molar-refractivity contribution in [2.75, 3.05) is 46.3 Å². The molecule has 7 heteroatoms. The quantitative estimate of drug-likeness (QED) is 0.771. The number of nitrogens with two attached hydrogens (primary N) is 1. The summed E-state index contributed by atoms with van der Waals surface area (Å²) < 4.78 is 0. The Balaban J connectivity index is 0.00000288. The van der Waals surface area contributed by atoms with Crippen LogP contribution in [0.2, 0.25) is 0 Å². The molecule has 0 aromatic heterocycles. The number of hydrogen-bond acceptors (Lipinski definition) is 4. The van der Waals surface area contributed by atoms with Gasteiger partial charge in [-0.15, -0.1) is 24.8 Å². The topological polar surface area (TPSA) is 52.8 Å². The number of likely N-dealkylation sites (N-methyl/N-ethyl adjacent to an activating group) is 1. The molecule has 5 nitrogen and oxygen atoms in total. The van der Waals surface area contributed by atoms with Gasteiger partial charge in [0.05, 0.1) is 0 Å². The summed E-state index contributed by atoms with van der Waals surface area (Å²) in [4.78, 5) is 18.7. The number of halogens is 2. The molecule has 1 amide bonds. The van der Waals surface area contributed by atoms with Crippen LogP contribution in [0.3, 0.4) is 0 Å². The Labute approximate surface area is 164 Å². The lowest BCUT2D eigenvalue weighted by Crippen LogP contribution is -2.50. The molecular weight excluding hydrogens is 359 g/mol. The van der Waals surface area contributed by atoms with E-state index < -0.39 is 0 Å². The highest BCUT2D eigenvalue weighted by molar-refractivity contribution is 5.85. The summed E-state index contributed by atoms with van der Waals surface area (Å²) in [6, 6.07) is 10.5. The number of carbonyl (C=O) groups excluding carboxylic acids is 1. The van der Waals surface area contributed by atoms with Gasteiger partial charge in [-0.2, -0.15) is 0 Å². The van der Waals surface area contributed by atoms with E-state index in [0.29, 0.717) is 6.42 Å². The maximum Gasteiger partial charge on any atom is 0.224 e. The second-order valence-corrected chi connectivity index (χ2v) is 6.63. The zero-order chi connectivity index (χ0) is 16.7. The van der Waals surface area contributed by atoms with Crippen LogP contribution in [0.5, 0.6) is 0 Å². The lowest BCUT2D eigenvalue weighted by molar-refractivity contribution is -0.133. The van der Waals surface area contributed by atoms with E-state index in [-0.39, 0.29) is 36.8 Å². The molecule has 144 valence electrons. The third-order valence-corrected chi connectivity index (χ3v) is 4.31. The van der Waals surface area contributed by atoms with Crippen LogP contribution in [0.15, 0.2) is 30.3 Å². The fourth-order valence-corrected chi connectivity index (χ4v) is 2.91. The molecule has 1 heterocycles. The molecule has 1 aliphatic heterocycles. The number of rotatable bonds is 7. The van der Waals surface area contributed by atoms with Gasteiger partial charge < -0.3 is 15.5 Å². The summed E-state index contributed by atoms with van der Waals surface area (Å²) in [5, 5.41) is 0. The first-order valence-corrected chi connectivity index (χ1v) is 8.53. The fraction of sp³-hybridized carbons (Fsp3) is 0.611. The van der Waals surface area contributed by atoms with Crippen LogP contribution < -0.4 is 5.73 Å². The summed E-state index contributed by atoms with van der Waals surface area (Å²) in [5.41, 5.74) is 7.06. The van der Waals surface area contributed by atoms with Gasteiger partial charge in [-0.1, -0.05) is 30.3 Å². The van der Waals surface area contributed by atoms with Crippen molar-refractivity contribution >= 4 is 30.7 Å². The maximum atomic E-state index is 12.0. The average molecular weight is 391 g/mol. The summed E-state index contributed by atoms with van der Waals surface area (Å²) in [7, 11) is 2.16. The lowest BCUT2D eigenvalue weighted by Gasteiger charge is -2.35. The van der Waals surface area contributed by atoms with Crippen molar-refractivity contribution < 1.29 is 4.79 Å². The highest BCUT2D eigenvalue weighted by Crippen LogP contribution is 2.06. The molecule has 0 saturated carbocycles. The van der Waals surface area contributed by atoms with Gasteiger partial charge in [0, 0.05) is 58.3 Å². The van der Waals surface area contributed by atoms with E-state index in [1.54, 1.807) is 0 Å². The molecule has 0 aliphatic carbocycles. The molecule has 0 bridgehead atoms. The molecule has 1 unspecified atom stereocenters. The van der Waals surface area contributed by atoms with Gasteiger partial charge in [0.15, 0.2) is 0 Å². The van der Waals surface area contributed by atoms with Crippen molar-refractivity contribution in [2.45, 2.75) is 25.9 Å². The Morgan fingerprint density at radius 3 is 2.32 bits per heavy atom. The highest BCUT2D eigenvalue weighted by atomic mass is 35.5. The monoisotopic (exact) mass is 390 g/mol. The van der Waals surface area contributed by atoms with Crippen LogP contribution >= 0.6 is 24.8 Å². The number of carbonyl (C=O) groups is 1. The smallest absolute Gasteiger partial charge is 0.224 e. The molecule has 1 atom stereocenters. The highest BCUT2D eigenvalue weighted by Gasteiger charge is 2.21. The van der Waals surface area contributed by atoms with Crippen LogP contribution in [-0.4, -0.2) is 73.0 Å². The standard InChI is InChI=1S/C18H30N4O.2ClH/c1-16(19)14-18(23)22-12-10-21(11-13-22)9-8-20(2)15-17-6-4-3-5-7-17;;/h3-7,16H,8-15,19H2,1-2H3;2*1H. The van der Waals surface area contributed by atoms with E-state index in [2.05, 4.69) is 47.2 Å². The third kappa shape index (κ3) is 8.88. The third-order valence-electron chi connectivity index (χ3n) is 4.31. The molecule has 1 saturated heterocycles. The van der Waals surface area contributed by atoms with Crippen LogP contribution in [0.4, 0.5) is 0 Å². The lowest BCUT2D eigenvalue weighted by atomic mass is 10.2. The van der Waals surface area contributed by atoms with Crippen LogP contribution in [0.25, 0.3) is 0 Å². The Hall–Kier alpha value is -0.850. The Kier molecular flexibility index (Phi) is 12.1. The van der Waals surface area contributed by atoms with E-state index in [4.69, 9.17) is 5.73 Å². The Morgan fingerprint density at radius 2 is 1.76 bits per heavy atom. The van der Waals surface area contributed by atoms with Gasteiger partial charge in [-0.3, -0.25) is 9.69 Å². The molecule has 1 fully saturated rings. The van der Waals surface area contributed by atoms with Crippen LogP contribution in [0, 0.1) is 0 Å². The van der Waals surface area contributed by atoms with Crippen LogP contribution in [0.1, 0.15) is 18.9 Å². The molecule has 1 aromatic rings. The van der Waals surface area contributed by atoms with Crippen molar-refractivity contribution in [3.63, 3.8) is 0 Å². The van der Waals surface area contributed by atoms with Crippen molar-refractivity contribution in [1.82, 2.24) is 14.7 Å². The van der Waals surface area contributed by atoms with Gasteiger partial charge in [0.2, 0.25) is 5.91 Å². The maximum absolute atomic E-state index is 12.0. The summed E-state index contributed by atoms with van der Waals surface area (Å²) in [6.07, 6.45) is 0.458. The van der Waals surface area contributed by atoms with Crippen LogP contribution in [-0.2, 0) is 11.3 Å². The zero-order valence-corrected chi connectivity index (χ0v) is 16.9. The SMILES string of the molecule is CC(N)CC(=O)N1CCN(CCN(C)Cc2ccccc2)CC1.Cl.Cl. The minimum Gasteiger partial charge on any atom is -0.340 e. The summed E-state index contributed by atoms with van der Waals surface area (Å²) in [6.45, 7) is 8.54. The zero-order valence-electron chi connectivity index (χ0n) is 15.3.